The van der Waals surface area contributed by atoms with Crippen molar-refractivity contribution in [2.24, 2.45) is 0 Å². The molecule has 1 unspecified atom stereocenters. The highest BCUT2D eigenvalue weighted by Crippen LogP contribution is 2.28. The molecule has 0 amide bonds. The third-order valence-corrected chi connectivity index (χ3v) is 3.47. The molecule has 1 heterocycles. The molecule has 0 aromatic heterocycles. The number of carbonyl (C=O) groups is 1. The average molecular weight is 278 g/mol. The van der Waals surface area contributed by atoms with Gasteiger partial charge in [-0.3, -0.25) is 4.79 Å². The molecule has 0 spiro atoms. The SMILES string of the molecule is CC(=O)c1cc(N2CC(CO)OC(C)(C)C2)ccc1N. The van der Waals surface area contributed by atoms with Crippen LogP contribution in [0.4, 0.5) is 11.4 Å². The number of nitrogens with zero attached hydrogens (tertiary/aromatic N) is 1. The molecule has 110 valence electrons. The standard InChI is InChI=1S/C15H22N2O3/c1-10(19)13-6-11(4-5-14(13)16)17-7-12(8-18)20-15(2,3)9-17/h4-6,12,18H,7-9,16H2,1-3H3. The third-order valence-electron chi connectivity index (χ3n) is 3.47. The summed E-state index contributed by atoms with van der Waals surface area (Å²) in [6.45, 7) is 6.77. The van der Waals surface area contributed by atoms with E-state index in [0.717, 1.165) is 5.69 Å². The van der Waals surface area contributed by atoms with E-state index in [0.29, 0.717) is 24.3 Å². The summed E-state index contributed by atoms with van der Waals surface area (Å²) in [5, 5.41) is 9.35. The molecule has 1 saturated heterocycles. The second kappa shape index (κ2) is 5.42. The Morgan fingerprint density at radius 1 is 1.55 bits per heavy atom. The topological polar surface area (TPSA) is 75.8 Å². The minimum absolute atomic E-state index is 0.0194. The Morgan fingerprint density at radius 2 is 2.25 bits per heavy atom. The number of carbonyl (C=O) groups excluding carboxylic acids is 1. The molecule has 20 heavy (non-hydrogen) atoms. The highest BCUT2D eigenvalue weighted by Gasteiger charge is 2.33. The summed E-state index contributed by atoms with van der Waals surface area (Å²) in [7, 11) is 0. The Hall–Kier alpha value is -1.59. The molecule has 1 aromatic rings. The van der Waals surface area contributed by atoms with Gasteiger partial charge in [0.2, 0.25) is 0 Å². The molecule has 3 N–H and O–H groups in total. The number of ether oxygens (including phenoxy) is 1. The first-order valence-electron chi connectivity index (χ1n) is 6.76. The molecular weight excluding hydrogens is 256 g/mol. The number of anilines is 2. The molecule has 5 heteroatoms. The van der Waals surface area contributed by atoms with E-state index in [-0.39, 0.29) is 24.1 Å². The van der Waals surface area contributed by atoms with Gasteiger partial charge in [0.15, 0.2) is 5.78 Å². The van der Waals surface area contributed by atoms with Crippen LogP contribution in [0.2, 0.25) is 0 Å². The molecular formula is C15H22N2O3. The van der Waals surface area contributed by atoms with Gasteiger partial charge in [-0.25, -0.2) is 0 Å². The Kier molecular flexibility index (Phi) is 4.01. The van der Waals surface area contributed by atoms with E-state index in [1.165, 1.54) is 6.92 Å². The second-order valence-corrected chi connectivity index (χ2v) is 5.89. The first-order chi connectivity index (χ1) is 9.32. The summed E-state index contributed by atoms with van der Waals surface area (Å²) in [6, 6.07) is 5.47. The Balaban J connectivity index is 2.30. The van der Waals surface area contributed by atoms with Gasteiger partial charge in [-0.05, 0) is 39.0 Å². The maximum Gasteiger partial charge on any atom is 0.161 e. The van der Waals surface area contributed by atoms with Crippen LogP contribution in [0.3, 0.4) is 0 Å². The largest absolute Gasteiger partial charge is 0.398 e. The van der Waals surface area contributed by atoms with Crippen molar-refractivity contribution in [1.82, 2.24) is 0 Å². The number of ketones is 1. The number of morpholine rings is 1. The molecule has 2 rings (SSSR count). The first kappa shape index (κ1) is 14.8. The predicted octanol–water partition coefficient (Wildman–Crippen LogP) is 1.45. The molecule has 5 nitrogen and oxygen atoms in total. The summed E-state index contributed by atoms with van der Waals surface area (Å²) < 4.78 is 5.79. The lowest BCUT2D eigenvalue weighted by atomic mass is 10.0. The lowest BCUT2D eigenvalue weighted by Crippen LogP contribution is -2.54. The molecule has 1 aromatic carbocycles. The number of aliphatic hydroxyl groups is 1. The van der Waals surface area contributed by atoms with Crippen LogP contribution < -0.4 is 10.6 Å². The van der Waals surface area contributed by atoms with Gasteiger partial charge in [0.1, 0.15) is 0 Å². The van der Waals surface area contributed by atoms with Crippen molar-refractivity contribution in [3.8, 4) is 0 Å². The lowest BCUT2D eigenvalue weighted by molar-refractivity contribution is -0.101. The molecule has 1 aliphatic heterocycles. The number of rotatable bonds is 3. The highest BCUT2D eigenvalue weighted by atomic mass is 16.5. The van der Waals surface area contributed by atoms with E-state index in [1.54, 1.807) is 6.07 Å². The number of nitrogen functional groups attached to an aromatic ring is 1. The second-order valence-electron chi connectivity index (χ2n) is 5.89. The van der Waals surface area contributed by atoms with Crippen LogP contribution in [0.15, 0.2) is 18.2 Å². The number of nitrogens with two attached hydrogens (primary N) is 1. The van der Waals surface area contributed by atoms with Crippen molar-refractivity contribution >= 4 is 17.2 Å². The van der Waals surface area contributed by atoms with Crippen LogP contribution in [0.5, 0.6) is 0 Å². The third kappa shape index (κ3) is 3.11. The molecule has 0 aliphatic carbocycles. The van der Waals surface area contributed by atoms with E-state index in [1.807, 2.05) is 26.0 Å². The van der Waals surface area contributed by atoms with Crippen LogP contribution in [-0.4, -0.2) is 42.3 Å². The zero-order valence-corrected chi connectivity index (χ0v) is 12.2. The van der Waals surface area contributed by atoms with Crippen molar-refractivity contribution < 1.29 is 14.6 Å². The number of benzene rings is 1. The monoisotopic (exact) mass is 278 g/mol. The molecule has 0 saturated carbocycles. The van der Waals surface area contributed by atoms with Gasteiger partial charge in [0.05, 0.1) is 18.3 Å². The predicted molar refractivity (Wildman–Crippen MR) is 79.1 cm³/mol. The van der Waals surface area contributed by atoms with Gasteiger partial charge in [0.25, 0.3) is 0 Å². The number of aliphatic hydroxyl groups excluding tert-OH is 1. The average Bonchev–Trinajstić information content (AvgIpc) is 2.36. The van der Waals surface area contributed by atoms with E-state index in [2.05, 4.69) is 4.90 Å². The van der Waals surface area contributed by atoms with Gasteiger partial charge >= 0.3 is 0 Å². The van der Waals surface area contributed by atoms with Gasteiger partial charge in [-0.1, -0.05) is 0 Å². The Bertz CT molecular complexity index is 514. The maximum atomic E-state index is 11.6. The van der Waals surface area contributed by atoms with E-state index < -0.39 is 0 Å². The van der Waals surface area contributed by atoms with Crippen LogP contribution in [0.1, 0.15) is 31.1 Å². The highest BCUT2D eigenvalue weighted by molar-refractivity contribution is 6.00. The smallest absolute Gasteiger partial charge is 0.161 e. The quantitative estimate of drug-likeness (QED) is 0.646. The summed E-state index contributed by atoms with van der Waals surface area (Å²) in [5.41, 5.74) is 7.44. The van der Waals surface area contributed by atoms with Gasteiger partial charge < -0.3 is 20.5 Å². The first-order valence-corrected chi connectivity index (χ1v) is 6.76. The van der Waals surface area contributed by atoms with Crippen molar-refractivity contribution in [3.63, 3.8) is 0 Å². The van der Waals surface area contributed by atoms with Crippen molar-refractivity contribution in [3.05, 3.63) is 23.8 Å². The number of hydrogen-bond donors (Lipinski definition) is 2. The van der Waals surface area contributed by atoms with Crippen LogP contribution in [0, 0.1) is 0 Å². The zero-order valence-electron chi connectivity index (χ0n) is 12.2. The van der Waals surface area contributed by atoms with Crippen LogP contribution >= 0.6 is 0 Å². The molecule has 1 fully saturated rings. The summed E-state index contributed by atoms with van der Waals surface area (Å²) in [4.78, 5) is 13.7. The Labute approximate surface area is 119 Å². The number of Topliss-reactive ketones (excluding diaryl/α,β-unsaturated/α-hetero) is 1. The van der Waals surface area contributed by atoms with Gasteiger partial charge in [0, 0.05) is 30.0 Å². The van der Waals surface area contributed by atoms with Crippen molar-refractivity contribution in [2.45, 2.75) is 32.5 Å². The normalized spacial score (nSPS) is 21.8. The Morgan fingerprint density at radius 3 is 2.85 bits per heavy atom. The van der Waals surface area contributed by atoms with E-state index >= 15 is 0 Å². The summed E-state index contributed by atoms with van der Waals surface area (Å²) in [5.74, 6) is -0.0458. The van der Waals surface area contributed by atoms with Gasteiger partial charge in [-0.15, -0.1) is 0 Å². The fourth-order valence-electron chi connectivity index (χ4n) is 2.63. The summed E-state index contributed by atoms with van der Waals surface area (Å²) >= 11 is 0. The van der Waals surface area contributed by atoms with E-state index in [9.17, 15) is 9.90 Å². The fourth-order valence-corrected chi connectivity index (χ4v) is 2.63. The number of hydrogen-bond acceptors (Lipinski definition) is 5. The lowest BCUT2D eigenvalue weighted by Gasteiger charge is -2.43. The molecule has 0 bridgehead atoms. The molecule has 1 aliphatic rings. The fraction of sp³-hybridized carbons (Fsp3) is 0.533. The van der Waals surface area contributed by atoms with Gasteiger partial charge in [-0.2, -0.15) is 0 Å². The van der Waals surface area contributed by atoms with Crippen molar-refractivity contribution in [2.75, 3.05) is 30.3 Å². The molecule has 1 atom stereocenters. The minimum atomic E-state index is -0.344. The van der Waals surface area contributed by atoms with Crippen LogP contribution in [0.25, 0.3) is 0 Å². The zero-order chi connectivity index (χ0) is 14.9. The summed E-state index contributed by atoms with van der Waals surface area (Å²) in [6.07, 6.45) is -0.225. The van der Waals surface area contributed by atoms with E-state index in [4.69, 9.17) is 10.5 Å². The van der Waals surface area contributed by atoms with Crippen LogP contribution in [-0.2, 0) is 4.74 Å². The molecule has 0 radical (unpaired) electrons. The van der Waals surface area contributed by atoms with Crippen molar-refractivity contribution in [1.29, 1.82) is 0 Å². The maximum absolute atomic E-state index is 11.6. The minimum Gasteiger partial charge on any atom is -0.398 e.